The van der Waals surface area contributed by atoms with E-state index in [1.54, 1.807) is 12.1 Å². The van der Waals surface area contributed by atoms with Crippen molar-refractivity contribution in [2.75, 3.05) is 31.6 Å². The van der Waals surface area contributed by atoms with Gasteiger partial charge in [-0.15, -0.1) is 0 Å². The van der Waals surface area contributed by atoms with E-state index in [-0.39, 0.29) is 12.6 Å². The number of hydrogen-bond acceptors (Lipinski definition) is 4. The Hall–Kier alpha value is -1.79. The van der Waals surface area contributed by atoms with Crippen molar-refractivity contribution in [3.8, 4) is 5.75 Å². The molecule has 1 atom stereocenters. The number of amides is 2. The summed E-state index contributed by atoms with van der Waals surface area (Å²) in [6.07, 6.45) is 2.73. The zero-order valence-electron chi connectivity index (χ0n) is 13.0. The zero-order valence-corrected chi connectivity index (χ0v) is 13.0. The van der Waals surface area contributed by atoms with Gasteiger partial charge < -0.3 is 25.8 Å². The Morgan fingerprint density at radius 3 is 3.09 bits per heavy atom. The highest BCUT2D eigenvalue weighted by Crippen LogP contribution is 2.18. The van der Waals surface area contributed by atoms with Crippen LogP contribution in [0.15, 0.2) is 24.3 Å². The van der Waals surface area contributed by atoms with Crippen molar-refractivity contribution < 1.29 is 14.6 Å². The molecule has 1 aromatic carbocycles. The van der Waals surface area contributed by atoms with Gasteiger partial charge in [-0.2, -0.15) is 0 Å². The molecule has 1 aliphatic heterocycles. The fourth-order valence-corrected chi connectivity index (χ4v) is 2.30. The second-order valence-corrected chi connectivity index (χ2v) is 5.69. The zero-order chi connectivity index (χ0) is 15.8. The molecule has 2 rings (SSSR count). The molecule has 0 aliphatic carbocycles. The molecule has 1 heterocycles. The minimum absolute atomic E-state index is 0.235. The number of carbonyl (C=O) groups is 1. The van der Waals surface area contributed by atoms with Gasteiger partial charge in [0.1, 0.15) is 5.75 Å². The van der Waals surface area contributed by atoms with E-state index in [1.165, 1.54) is 0 Å². The molecule has 1 aliphatic rings. The van der Waals surface area contributed by atoms with E-state index in [0.717, 1.165) is 25.1 Å². The molecule has 0 spiro atoms. The number of aliphatic hydroxyl groups is 1. The number of benzene rings is 1. The predicted octanol–water partition coefficient (Wildman–Crippen LogP) is 1.71. The fraction of sp³-hybridized carbons (Fsp3) is 0.562. The summed E-state index contributed by atoms with van der Waals surface area (Å²) in [4.78, 5) is 11.9. The SMILES string of the molecule is CCCCOc1cccc(NC(=O)NC[C@@]2(O)CCNC2)c1. The molecule has 0 bridgehead atoms. The molecule has 6 heteroatoms. The van der Waals surface area contributed by atoms with Gasteiger partial charge in [0, 0.05) is 24.8 Å². The molecule has 0 aromatic heterocycles. The Morgan fingerprint density at radius 1 is 1.50 bits per heavy atom. The molecular formula is C16H25N3O3. The van der Waals surface area contributed by atoms with E-state index in [1.807, 2.05) is 12.1 Å². The van der Waals surface area contributed by atoms with Crippen LogP contribution in [0, 0.1) is 0 Å². The van der Waals surface area contributed by atoms with E-state index in [0.29, 0.717) is 25.3 Å². The first-order valence-corrected chi connectivity index (χ1v) is 7.82. The van der Waals surface area contributed by atoms with Gasteiger partial charge in [-0.3, -0.25) is 0 Å². The minimum Gasteiger partial charge on any atom is -0.494 e. The largest absolute Gasteiger partial charge is 0.494 e. The van der Waals surface area contributed by atoms with Crippen LogP contribution < -0.4 is 20.7 Å². The second kappa shape index (κ2) is 8.00. The van der Waals surface area contributed by atoms with Crippen molar-refractivity contribution >= 4 is 11.7 Å². The molecule has 1 aromatic rings. The quantitative estimate of drug-likeness (QED) is 0.578. The van der Waals surface area contributed by atoms with Gasteiger partial charge >= 0.3 is 6.03 Å². The van der Waals surface area contributed by atoms with Gasteiger partial charge in [-0.05, 0) is 31.5 Å². The summed E-state index contributed by atoms with van der Waals surface area (Å²) in [7, 11) is 0. The van der Waals surface area contributed by atoms with Gasteiger partial charge in [-0.1, -0.05) is 19.4 Å². The highest BCUT2D eigenvalue weighted by molar-refractivity contribution is 5.89. The third kappa shape index (κ3) is 5.20. The summed E-state index contributed by atoms with van der Waals surface area (Å²) in [5.74, 6) is 0.741. The molecule has 0 saturated carbocycles. The molecule has 1 saturated heterocycles. The van der Waals surface area contributed by atoms with E-state index in [2.05, 4.69) is 22.9 Å². The molecule has 4 N–H and O–H groups in total. The standard InChI is InChI=1S/C16H25N3O3/c1-2-3-9-22-14-6-4-5-13(10-14)19-15(20)18-12-16(21)7-8-17-11-16/h4-6,10,17,21H,2-3,7-9,11-12H2,1H3,(H2,18,19,20)/t16-/m1/s1. The van der Waals surface area contributed by atoms with Crippen LogP contribution in [-0.2, 0) is 0 Å². The van der Waals surface area contributed by atoms with Crippen molar-refractivity contribution in [3.05, 3.63) is 24.3 Å². The average Bonchev–Trinajstić information content (AvgIpc) is 2.93. The van der Waals surface area contributed by atoms with Crippen LogP contribution in [0.3, 0.4) is 0 Å². The van der Waals surface area contributed by atoms with Crippen LogP contribution >= 0.6 is 0 Å². The number of ether oxygens (including phenoxy) is 1. The summed E-state index contributed by atoms with van der Waals surface area (Å²) >= 11 is 0. The van der Waals surface area contributed by atoms with Gasteiger partial charge in [0.2, 0.25) is 0 Å². The van der Waals surface area contributed by atoms with Crippen molar-refractivity contribution in [2.24, 2.45) is 0 Å². The maximum atomic E-state index is 11.9. The number of urea groups is 1. The maximum Gasteiger partial charge on any atom is 0.319 e. The number of hydrogen-bond donors (Lipinski definition) is 4. The predicted molar refractivity (Wildman–Crippen MR) is 86.3 cm³/mol. The van der Waals surface area contributed by atoms with E-state index >= 15 is 0 Å². The Bertz CT molecular complexity index is 487. The number of carbonyl (C=O) groups excluding carboxylic acids is 1. The molecule has 6 nitrogen and oxygen atoms in total. The van der Waals surface area contributed by atoms with Crippen LogP contribution in [0.5, 0.6) is 5.75 Å². The topological polar surface area (TPSA) is 82.6 Å². The highest BCUT2D eigenvalue weighted by Gasteiger charge is 2.31. The lowest BCUT2D eigenvalue weighted by molar-refractivity contribution is 0.0640. The van der Waals surface area contributed by atoms with E-state index in [4.69, 9.17) is 4.74 Å². The van der Waals surface area contributed by atoms with Gasteiger partial charge in [0.25, 0.3) is 0 Å². The summed E-state index contributed by atoms with van der Waals surface area (Å²) in [5, 5.41) is 18.7. The highest BCUT2D eigenvalue weighted by atomic mass is 16.5. The summed E-state index contributed by atoms with van der Waals surface area (Å²) in [6.45, 7) is 4.30. The van der Waals surface area contributed by atoms with Gasteiger partial charge in [-0.25, -0.2) is 4.79 Å². The van der Waals surface area contributed by atoms with Gasteiger partial charge in [0.15, 0.2) is 0 Å². The van der Waals surface area contributed by atoms with Crippen LogP contribution in [0.25, 0.3) is 0 Å². The maximum absolute atomic E-state index is 11.9. The number of nitrogens with one attached hydrogen (secondary N) is 3. The molecule has 2 amide bonds. The molecular weight excluding hydrogens is 282 g/mol. The molecule has 122 valence electrons. The van der Waals surface area contributed by atoms with Crippen LogP contribution in [0.2, 0.25) is 0 Å². The van der Waals surface area contributed by atoms with Crippen LogP contribution in [0.1, 0.15) is 26.2 Å². The van der Waals surface area contributed by atoms with Crippen molar-refractivity contribution in [1.29, 1.82) is 0 Å². The monoisotopic (exact) mass is 307 g/mol. The Balaban J connectivity index is 1.79. The minimum atomic E-state index is -0.845. The first kappa shape index (κ1) is 16.6. The van der Waals surface area contributed by atoms with Crippen molar-refractivity contribution in [1.82, 2.24) is 10.6 Å². The lowest BCUT2D eigenvalue weighted by atomic mass is 10.0. The van der Waals surface area contributed by atoms with Gasteiger partial charge in [0.05, 0.1) is 12.2 Å². The number of β-amino-alcohol motifs (C(OH)–C–C–N with tert-alkyl or cyclic N) is 1. The first-order valence-electron chi connectivity index (χ1n) is 7.82. The van der Waals surface area contributed by atoms with Crippen molar-refractivity contribution in [3.63, 3.8) is 0 Å². The molecule has 0 radical (unpaired) electrons. The second-order valence-electron chi connectivity index (χ2n) is 5.69. The van der Waals surface area contributed by atoms with E-state index < -0.39 is 5.60 Å². The summed E-state index contributed by atoms with van der Waals surface area (Å²) < 4.78 is 5.61. The van der Waals surface area contributed by atoms with Crippen LogP contribution in [0.4, 0.5) is 10.5 Å². The summed E-state index contributed by atoms with van der Waals surface area (Å²) in [5.41, 5.74) is -0.175. The number of unbranched alkanes of at least 4 members (excludes halogenated alkanes) is 1. The normalized spacial score (nSPS) is 20.6. The Morgan fingerprint density at radius 2 is 2.36 bits per heavy atom. The summed E-state index contributed by atoms with van der Waals surface area (Å²) in [6, 6.07) is 6.97. The number of rotatable bonds is 7. The van der Waals surface area contributed by atoms with Crippen molar-refractivity contribution in [2.45, 2.75) is 31.8 Å². The Labute approximate surface area is 131 Å². The third-order valence-corrected chi connectivity index (χ3v) is 3.66. The molecule has 1 fully saturated rings. The molecule has 0 unspecified atom stereocenters. The smallest absolute Gasteiger partial charge is 0.319 e. The fourth-order valence-electron chi connectivity index (χ4n) is 2.30. The van der Waals surface area contributed by atoms with Crippen LogP contribution in [-0.4, -0.2) is 43.0 Å². The Kier molecular flexibility index (Phi) is 6.03. The van der Waals surface area contributed by atoms with E-state index in [9.17, 15) is 9.90 Å². The first-order chi connectivity index (χ1) is 10.6. The lowest BCUT2D eigenvalue weighted by Crippen LogP contribution is -2.45. The average molecular weight is 307 g/mol. The lowest BCUT2D eigenvalue weighted by Gasteiger charge is -2.21. The molecule has 22 heavy (non-hydrogen) atoms. The number of anilines is 1. The third-order valence-electron chi connectivity index (χ3n) is 3.66.